The quantitative estimate of drug-likeness (QED) is 0.268. The summed E-state index contributed by atoms with van der Waals surface area (Å²) in [6.07, 6.45) is 1.51. The minimum absolute atomic E-state index is 0.0349. The highest BCUT2D eigenvalue weighted by Gasteiger charge is 2.12. The van der Waals surface area contributed by atoms with Crippen LogP contribution in [0.4, 0.5) is 5.69 Å². The number of nitrogens with zero attached hydrogens (tertiary/aromatic N) is 1. The molecule has 0 aliphatic rings. The Balaban J connectivity index is 1.81. The molecule has 0 atom stereocenters. The Labute approximate surface area is 196 Å². The van der Waals surface area contributed by atoms with Gasteiger partial charge in [0.25, 0.3) is 5.91 Å². The first-order valence-corrected chi connectivity index (χ1v) is 10.8. The number of carbonyl (C=O) groups is 1. The maximum absolute atomic E-state index is 12.6. The highest BCUT2D eigenvalue weighted by molar-refractivity contribution is 9.10. The number of hydrogen-bond donors (Lipinski definition) is 1. The minimum Gasteiger partial charge on any atom is -0.488 e. The molecule has 0 aliphatic carbocycles. The number of ether oxygens (including phenoxy) is 1. The summed E-state index contributed by atoms with van der Waals surface area (Å²) in [6.45, 7) is 0.326. The van der Waals surface area contributed by atoms with Gasteiger partial charge in [-0.2, -0.15) is 5.26 Å². The van der Waals surface area contributed by atoms with E-state index in [1.54, 1.807) is 36.4 Å². The van der Waals surface area contributed by atoms with Crippen molar-refractivity contribution in [2.75, 3.05) is 5.32 Å². The molecule has 7 heteroatoms. The maximum atomic E-state index is 12.6. The number of nitrogens with one attached hydrogen (secondary N) is 1. The zero-order valence-corrected chi connectivity index (χ0v) is 19.5. The molecule has 0 spiro atoms. The van der Waals surface area contributed by atoms with Crippen molar-refractivity contribution < 1.29 is 9.53 Å². The Hall–Kier alpha value is -2.59. The van der Waals surface area contributed by atoms with E-state index < -0.39 is 5.91 Å². The van der Waals surface area contributed by atoms with E-state index >= 15 is 0 Å². The predicted octanol–water partition coefficient (Wildman–Crippen LogP) is 6.99. The Morgan fingerprint density at radius 1 is 1.03 bits per heavy atom. The molecular weight excluding hydrogens is 532 g/mol. The van der Waals surface area contributed by atoms with Gasteiger partial charge >= 0.3 is 0 Å². The average Bonchev–Trinajstić information content (AvgIpc) is 2.74. The number of halogens is 3. The molecule has 0 unspecified atom stereocenters. The Morgan fingerprint density at radius 3 is 2.37 bits per heavy atom. The molecular formula is C23H15Br2ClN2O2. The summed E-state index contributed by atoms with van der Waals surface area (Å²) in [5.41, 5.74) is 2.12. The van der Waals surface area contributed by atoms with Crippen LogP contribution < -0.4 is 10.1 Å². The largest absolute Gasteiger partial charge is 0.488 e. The second kappa shape index (κ2) is 10.4. The topological polar surface area (TPSA) is 62.1 Å². The molecule has 3 aromatic rings. The summed E-state index contributed by atoms with van der Waals surface area (Å²) in [7, 11) is 0. The number of anilines is 1. The van der Waals surface area contributed by atoms with Crippen molar-refractivity contribution in [3.8, 4) is 11.8 Å². The van der Waals surface area contributed by atoms with Crippen molar-refractivity contribution in [3.63, 3.8) is 0 Å². The van der Waals surface area contributed by atoms with Crippen LogP contribution >= 0.6 is 43.5 Å². The van der Waals surface area contributed by atoms with E-state index in [1.807, 2.05) is 36.4 Å². The summed E-state index contributed by atoms with van der Waals surface area (Å²) in [5.74, 6) is 0.0563. The minimum atomic E-state index is -0.497. The molecule has 0 bridgehead atoms. The van der Waals surface area contributed by atoms with Gasteiger partial charge in [0.15, 0.2) is 0 Å². The molecule has 0 fully saturated rings. The van der Waals surface area contributed by atoms with Gasteiger partial charge in [-0.25, -0.2) is 0 Å². The number of amides is 1. The fourth-order valence-corrected chi connectivity index (χ4v) is 3.31. The molecule has 0 saturated carbocycles. The van der Waals surface area contributed by atoms with Crippen molar-refractivity contribution in [1.82, 2.24) is 0 Å². The molecule has 3 aromatic carbocycles. The lowest BCUT2D eigenvalue weighted by atomic mass is 10.1. The van der Waals surface area contributed by atoms with Crippen LogP contribution in [0.5, 0.6) is 5.75 Å². The molecule has 0 heterocycles. The third kappa shape index (κ3) is 6.20. The molecule has 0 aliphatic heterocycles. The lowest BCUT2D eigenvalue weighted by Gasteiger charge is -2.11. The van der Waals surface area contributed by atoms with Crippen molar-refractivity contribution in [1.29, 1.82) is 5.26 Å². The van der Waals surface area contributed by atoms with Crippen LogP contribution in [0.1, 0.15) is 11.1 Å². The highest BCUT2D eigenvalue weighted by Crippen LogP contribution is 2.27. The molecule has 1 N–H and O–H groups in total. The van der Waals surface area contributed by atoms with E-state index in [-0.39, 0.29) is 5.57 Å². The number of nitriles is 1. The van der Waals surface area contributed by atoms with Crippen LogP contribution in [0.2, 0.25) is 5.02 Å². The first-order chi connectivity index (χ1) is 14.4. The SMILES string of the molecule is N#C/C(=C\c1cc(Br)ccc1OCc1ccc(Cl)cc1)C(=O)Nc1ccc(Br)cc1. The first-order valence-electron chi connectivity index (χ1n) is 8.80. The Bertz CT molecular complexity index is 1120. The van der Waals surface area contributed by atoms with Crippen molar-refractivity contribution in [2.24, 2.45) is 0 Å². The predicted molar refractivity (Wildman–Crippen MR) is 126 cm³/mol. The van der Waals surface area contributed by atoms with Gasteiger partial charge in [-0.3, -0.25) is 4.79 Å². The van der Waals surface area contributed by atoms with E-state index in [1.165, 1.54) is 6.08 Å². The van der Waals surface area contributed by atoms with E-state index in [9.17, 15) is 10.1 Å². The smallest absolute Gasteiger partial charge is 0.266 e. The van der Waals surface area contributed by atoms with Crippen LogP contribution in [-0.4, -0.2) is 5.91 Å². The molecule has 0 radical (unpaired) electrons. The average molecular weight is 547 g/mol. The van der Waals surface area contributed by atoms with Gasteiger partial charge in [-0.15, -0.1) is 0 Å². The van der Waals surface area contributed by atoms with Gasteiger partial charge in [-0.05, 0) is 66.2 Å². The molecule has 0 aromatic heterocycles. The summed E-state index contributed by atoms with van der Waals surface area (Å²) in [4.78, 5) is 12.6. The lowest BCUT2D eigenvalue weighted by molar-refractivity contribution is -0.112. The molecule has 4 nitrogen and oxygen atoms in total. The first kappa shape index (κ1) is 22.1. The third-order valence-electron chi connectivity index (χ3n) is 4.05. The van der Waals surface area contributed by atoms with E-state index in [0.29, 0.717) is 28.6 Å². The normalized spacial score (nSPS) is 10.9. The van der Waals surface area contributed by atoms with Crippen molar-refractivity contribution in [3.05, 3.63) is 97.4 Å². The molecule has 30 heavy (non-hydrogen) atoms. The van der Waals surface area contributed by atoms with Crippen LogP contribution in [0.15, 0.2) is 81.2 Å². The van der Waals surface area contributed by atoms with Gasteiger partial charge in [0.05, 0.1) is 0 Å². The second-order valence-electron chi connectivity index (χ2n) is 6.23. The number of carbonyl (C=O) groups excluding carboxylic acids is 1. The molecule has 1 amide bonds. The number of benzene rings is 3. The summed E-state index contributed by atoms with van der Waals surface area (Å²) in [6, 6.07) is 21.8. The fraction of sp³-hybridized carbons (Fsp3) is 0.0435. The van der Waals surface area contributed by atoms with Gasteiger partial charge in [0.2, 0.25) is 0 Å². The van der Waals surface area contributed by atoms with Crippen LogP contribution in [0.25, 0.3) is 6.08 Å². The van der Waals surface area contributed by atoms with Crippen LogP contribution in [-0.2, 0) is 11.4 Å². The highest BCUT2D eigenvalue weighted by atomic mass is 79.9. The maximum Gasteiger partial charge on any atom is 0.266 e. The Morgan fingerprint density at radius 2 is 1.70 bits per heavy atom. The van der Waals surface area contributed by atoms with Crippen LogP contribution in [0.3, 0.4) is 0 Å². The monoisotopic (exact) mass is 544 g/mol. The van der Waals surface area contributed by atoms with E-state index in [2.05, 4.69) is 37.2 Å². The number of rotatable bonds is 6. The molecule has 3 rings (SSSR count). The van der Waals surface area contributed by atoms with Crippen molar-refractivity contribution >= 4 is 61.1 Å². The van der Waals surface area contributed by atoms with Gasteiger partial charge < -0.3 is 10.1 Å². The summed E-state index contributed by atoms with van der Waals surface area (Å²) >= 11 is 12.7. The van der Waals surface area contributed by atoms with E-state index in [4.69, 9.17) is 16.3 Å². The Kier molecular flexibility index (Phi) is 7.69. The van der Waals surface area contributed by atoms with Crippen molar-refractivity contribution in [2.45, 2.75) is 6.61 Å². The van der Waals surface area contributed by atoms with Gasteiger partial charge in [-0.1, -0.05) is 55.6 Å². The lowest BCUT2D eigenvalue weighted by Crippen LogP contribution is -2.13. The van der Waals surface area contributed by atoms with Gasteiger partial charge in [0.1, 0.15) is 24.0 Å². The van der Waals surface area contributed by atoms with E-state index in [0.717, 1.165) is 14.5 Å². The summed E-state index contributed by atoms with van der Waals surface area (Å²) in [5, 5.41) is 12.9. The zero-order valence-electron chi connectivity index (χ0n) is 15.5. The standard InChI is InChI=1S/C23H15Br2ClN2O2/c24-18-3-8-21(9-4-18)28-23(29)17(13-27)11-16-12-19(25)5-10-22(16)30-14-15-1-6-20(26)7-2-15/h1-12H,14H2,(H,28,29)/b17-11+. The van der Waals surface area contributed by atoms with Gasteiger partial charge in [0, 0.05) is 25.2 Å². The fourth-order valence-electron chi connectivity index (χ4n) is 2.54. The third-order valence-corrected chi connectivity index (χ3v) is 5.32. The molecule has 150 valence electrons. The second-order valence-corrected chi connectivity index (χ2v) is 8.50. The number of hydrogen-bond acceptors (Lipinski definition) is 3. The zero-order chi connectivity index (χ0) is 21.5. The summed E-state index contributed by atoms with van der Waals surface area (Å²) < 4.78 is 7.62. The molecule has 0 saturated heterocycles. The van der Waals surface area contributed by atoms with Crippen LogP contribution in [0, 0.1) is 11.3 Å².